The third-order valence-corrected chi connectivity index (χ3v) is 9.31. The summed E-state index contributed by atoms with van der Waals surface area (Å²) in [5.41, 5.74) is 0. The van der Waals surface area contributed by atoms with E-state index < -0.39 is 30.4 Å². The molecule has 34 heavy (non-hydrogen) atoms. The maximum Gasteiger partial charge on any atom is 0.172 e. The van der Waals surface area contributed by atoms with E-state index >= 15 is 0 Å². The normalized spacial score (nSPS) is 12.2. The fourth-order valence-electron chi connectivity index (χ4n) is 4.86. The summed E-state index contributed by atoms with van der Waals surface area (Å²) in [7, 11) is -4.10. The topological polar surface area (TPSA) is 17.1 Å². The van der Waals surface area contributed by atoms with Crippen molar-refractivity contribution in [2.75, 3.05) is 0 Å². The molecule has 1 nitrogen and oxygen atoms in total. The average molecular weight is 474 g/mol. The summed E-state index contributed by atoms with van der Waals surface area (Å²) >= 11 is 0. The third-order valence-electron chi connectivity index (χ3n) is 6.27. The quantitative estimate of drug-likeness (QED) is 0.157. The molecule has 6 heteroatoms. The molecule has 0 fully saturated rings. The van der Waals surface area contributed by atoms with E-state index in [1.165, 1.54) is 0 Å². The van der Waals surface area contributed by atoms with Crippen LogP contribution in [0.15, 0.2) is 91.0 Å². The number of hydrogen-bond acceptors (Lipinski definition) is 1. The van der Waals surface area contributed by atoms with Crippen molar-refractivity contribution in [3.8, 4) is 0 Å². The van der Waals surface area contributed by atoms with E-state index in [-0.39, 0.29) is 15.9 Å². The fourth-order valence-corrected chi connectivity index (χ4v) is 7.75. The van der Waals surface area contributed by atoms with Gasteiger partial charge in [0.15, 0.2) is 7.14 Å². The van der Waals surface area contributed by atoms with Gasteiger partial charge in [-0.2, -0.15) is 0 Å². The highest BCUT2D eigenvalue weighted by Crippen LogP contribution is 2.47. The van der Waals surface area contributed by atoms with Gasteiger partial charge in [0.1, 0.15) is 23.3 Å². The van der Waals surface area contributed by atoms with Gasteiger partial charge in [-0.1, -0.05) is 48.5 Å². The van der Waals surface area contributed by atoms with Crippen LogP contribution in [-0.4, -0.2) is 0 Å². The molecule has 0 unspecified atom stereocenters. The Labute approximate surface area is 192 Å². The number of halogens is 4. The Bertz CT molecular complexity index is 1680. The van der Waals surface area contributed by atoms with Crippen molar-refractivity contribution in [3.63, 3.8) is 0 Å². The molecule has 0 saturated heterocycles. The highest BCUT2D eigenvalue weighted by atomic mass is 31.2. The molecule has 0 atom stereocenters. The van der Waals surface area contributed by atoms with Gasteiger partial charge < -0.3 is 4.57 Å². The second kappa shape index (κ2) is 7.41. The molecule has 0 saturated carbocycles. The van der Waals surface area contributed by atoms with Gasteiger partial charge in [-0.15, -0.1) is 0 Å². The van der Waals surface area contributed by atoms with Crippen LogP contribution >= 0.6 is 7.14 Å². The summed E-state index contributed by atoms with van der Waals surface area (Å²) in [5, 5.41) is 5.16. The molecule has 0 aliphatic rings. The second-order valence-electron chi connectivity index (χ2n) is 8.31. The highest BCUT2D eigenvalue weighted by Gasteiger charge is 2.34. The highest BCUT2D eigenvalue weighted by molar-refractivity contribution is 7.85. The van der Waals surface area contributed by atoms with Gasteiger partial charge in [0, 0.05) is 28.0 Å². The van der Waals surface area contributed by atoms with Crippen molar-refractivity contribution < 1.29 is 22.1 Å². The zero-order valence-electron chi connectivity index (χ0n) is 17.5. The molecule has 0 bridgehead atoms. The Morgan fingerprint density at radius 3 is 1.47 bits per heavy atom. The van der Waals surface area contributed by atoms with Gasteiger partial charge in [-0.25, -0.2) is 17.6 Å². The van der Waals surface area contributed by atoms with Gasteiger partial charge in [0.05, 0.1) is 0 Å². The Balaban J connectivity index is 1.79. The molecule has 0 spiro atoms. The van der Waals surface area contributed by atoms with Crippen LogP contribution in [0.5, 0.6) is 0 Å². The average Bonchev–Trinajstić information content (AvgIpc) is 2.80. The van der Waals surface area contributed by atoms with Crippen molar-refractivity contribution >= 4 is 55.4 Å². The molecule has 0 heterocycles. The second-order valence-corrected chi connectivity index (χ2v) is 11.0. The smallest absolute Gasteiger partial charge is 0.172 e. The largest absolute Gasteiger partial charge is 0.309 e. The zero-order chi connectivity index (χ0) is 23.6. The van der Waals surface area contributed by atoms with Crippen LogP contribution in [0.3, 0.4) is 0 Å². The zero-order valence-corrected chi connectivity index (χ0v) is 18.4. The van der Waals surface area contributed by atoms with Crippen molar-refractivity contribution in [3.05, 3.63) is 114 Å². The lowest BCUT2D eigenvalue weighted by molar-refractivity contribution is 0.578. The lowest BCUT2D eigenvalue weighted by Gasteiger charge is -2.23. The van der Waals surface area contributed by atoms with Crippen LogP contribution < -0.4 is 15.9 Å². The van der Waals surface area contributed by atoms with Crippen molar-refractivity contribution in [1.82, 2.24) is 0 Å². The maximum atomic E-state index is 14.9. The van der Waals surface area contributed by atoms with E-state index in [0.717, 1.165) is 51.2 Å². The molecule has 0 aliphatic carbocycles. The summed E-state index contributed by atoms with van der Waals surface area (Å²) in [6, 6.07) is 22.1. The molecule has 6 rings (SSSR count). The van der Waals surface area contributed by atoms with Crippen molar-refractivity contribution in [2.45, 2.75) is 0 Å². The number of hydrogen-bond donors (Lipinski definition) is 0. The summed E-state index contributed by atoms with van der Waals surface area (Å²) in [4.78, 5) is 0. The van der Waals surface area contributed by atoms with E-state index in [2.05, 4.69) is 0 Å². The SMILES string of the molecule is O=P(c1cc(F)cc(F)c1)(c1cc(F)cc(F)c1)c1ccc2ccc3cccc4ccc1c2c34. The molecule has 0 aliphatic heterocycles. The predicted molar refractivity (Wildman–Crippen MR) is 129 cm³/mol. The minimum atomic E-state index is -4.10. The molecule has 166 valence electrons. The number of benzene rings is 6. The first-order valence-electron chi connectivity index (χ1n) is 10.5. The molecular weight excluding hydrogens is 459 g/mol. The van der Waals surface area contributed by atoms with Crippen LogP contribution in [0.4, 0.5) is 17.6 Å². The van der Waals surface area contributed by atoms with E-state index in [1.807, 2.05) is 36.4 Å². The first kappa shape index (κ1) is 20.9. The molecule has 0 aromatic heterocycles. The van der Waals surface area contributed by atoms with Crippen LogP contribution in [0.25, 0.3) is 32.3 Å². The lowest BCUT2D eigenvalue weighted by Crippen LogP contribution is -2.27. The minimum absolute atomic E-state index is 0.176. The molecule has 0 radical (unpaired) electrons. The van der Waals surface area contributed by atoms with Gasteiger partial charge in [-0.05, 0) is 62.6 Å². The Morgan fingerprint density at radius 1 is 0.500 bits per heavy atom. The van der Waals surface area contributed by atoms with Gasteiger partial charge in [-0.3, -0.25) is 0 Å². The third kappa shape index (κ3) is 3.04. The van der Waals surface area contributed by atoms with Crippen LogP contribution in [0.2, 0.25) is 0 Å². The standard InChI is InChI=1S/C28H15F4OP/c29-19-10-20(30)13-23(12-19)34(33,24-14-21(31)11-22(32)15-24)26-9-7-18-5-4-16-2-1-3-17-6-8-25(26)28(18)27(16)17/h1-15H. The first-order chi connectivity index (χ1) is 16.3. The maximum absolute atomic E-state index is 14.9. The summed E-state index contributed by atoms with van der Waals surface area (Å²) < 4.78 is 72.0. The van der Waals surface area contributed by atoms with E-state index in [1.54, 1.807) is 18.2 Å². The van der Waals surface area contributed by atoms with Crippen molar-refractivity contribution in [2.24, 2.45) is 0 Å². The van der Waals surface area contributed by atoms with Gasteiger partial charge in [0.2, 0.25) is 0 Å². The van der Waals surface area contributed by atoms with E-state index in [0.29, 0.717) is 17.5 Å². The van der Waals surface area contributed by atoms with E-state index in [4.69, 9.17) is 0 Å². The Hall–Kier alpha value is -3.69. The summed E-state index contributed by atoms with van der Waals surface area (Å²) in [6.45, 7) is 0. The Kier molecular flexibility index (Phi) is 4.55. The minimum Gasteiger partial charge on any atom is -0.309 e. The molecule has 6 aromatic carbocycles. The number of rotatable bonds is 3. The van der Waals surface area contributed by atoms with Crippen LogP contribution in [0.1, 0.15) is 0 Å². The van der Waals surface area contributed by atoms with Crippen LogP contribution in [-0.2, 0) is 4.57 Å². The molecule has 0 amide bonds. The first-order valence-corrected chi connectivity index (χ1v) is 12.3. The van der Waals surface area contributed by atoms with Crippen LogP contribution in [0, 0.1) is 23.3 Å². The monoisotopic (exact) mass is 474 g/mol. The summed E-state index contributed by atoms with van der Waals surface area (Å²) in [6.07, 6.45) is 0. The van der Waals surface area contributed by atoms with E-state index in [9.17, 15) is 22.1 Å². The van der Waals surface area contributed by atoms with Gasteiger partial charge >= 0.3 is 0 Å². The lowest BCUT2D eigenvalue weighted by atomic mass is 9.94. The summed E-state index contributed by atoms with van der Waals surface area (Å²) in [5.74, 6) is -3.70. The Morgan fingerprint density at radius 2 is 0.941 bits per heavy atom. The van der Waals surface area contributed by atoms with Crippen molar-refractivity contribution in [1.29, 1.82) is 0 Å². The molecule has 6 aromatic rings. The fraction of sp³-hybridized carbons (Fsp3) is 0. The van der Waals surface area contributed by atoms with Gasteiger partial charge in [0.25, 0.3) is 0 Å². The molecule has 0 N–H and O–H groups in total. The predicted octanol–water partition coefficient (Wildman–Crippen LogP) is 6.78. The molecular formula is C28H15F4OP.